The minimum absolute atomic E-state index is 0.0246. The van der Waals surface area contributed by atoms with Crippen LogP contribution in [0, 0.1) is 12.3 Å². The third kappa shape index (κ3) is 5.43. The van der Waals surface area contributed by atoms with Crippen molar-refractivity contribution in [2.24, 2.45) is 4.99 Å². The first-order chi connectivity index (χ1) is 19.9. The lowest BCUT2D eigenvalue weighted by Crippen LogP contribution is -2.40. The van der Waals surface area contributed by atoms with E-state index in [0.29, 0.717) is 61.1 Å². The molecule has 0 bridgehead atoms. The summed E-state index contributed by atoms with van der Waals surface area (Å²) in [6, 6.07) is 7.98. The van der Waals surface area contributed by atoms with Gasteiger partial charge in [-0.15, -0.1) is 6.42 Å². The number of carbonyl (C=O) groups excluding carboxylic acids is 1. The maximum Gasteiger partial charge on any atom is 0.338 e. The van der Waals surface area contributed by atoms with Crippen molar-refractivity contribution in [3.8, 4) is 35.3 Å². The van der Waals surface area contributed by atoms with Crippen LogP contribution in [0.1, 0.15) is 43.9 Å². The summed E-state index contributed by atoms with van der Waals surface area (Å²) < 4.78 is 29.4. The molecule has 1 aromatic heterocycles. The number of nitrogens with zero attached hydrogens (tertiary/aromatic N) is 2. The number of esters is 1. The van der Waals surface area contributed by atoms with E-state index < -0.39 is 12.0 Å². The van der Waals surface area contributed by atoms with E-state index in [1.54, 1.807) is 37.3 Å². The van der Waals surface area contributed by atoms with Gasteiger partial charge in [0.05, 0.1) is 40.6 Å². The zero-order valence-corrected chi connectivity index (χ0v) is 24.3. The number of aromatic nitrogens is 1. The molecule has 41 heavy (non-hydrogen) atoms. The number of benzene rings is 2. The molecule has 1 atom stereocenters. The fourth-order valence-electron chi connectivity index (χ4n) is 4.75. The van der Waals surface area contributed by atoms with E-state index >= 15 is 0 Å². The number of thiazole rings is 1. The molecule has 5 rings (SSSR count). The summed E-state index contributed by atoms with van der Waals surface area (Å²) in [5.74, 6) is 3.70. The Hall–Kier alpha value is -4.20. The molecule has 9 nitrogen and oxygen atoms in total. The Kier molecular flexibility index (Phi) is 8.38. The first-order valence-corrected chi connectivity index (χ1v) is 14.1. The number of carbonyl (C=O) groups is 1. The summed E-state index contributed by atoms with van der Waals surface area (Å²) in [6.07, 6.45) is 8.30. The summed E-state index contributed by atoms with van der Waals surface area (Å²) in [5.41, 5.74) is 1.88. The molecule has 0 saturated heterocycles. The number of allylic oxidation sites excluding steroid dienone is 1. The van der Waals surface area contributed by atoms with Crippen molar-refractivity contribution in [2.45, 2.75) is 32.7 Å². The van der Waals surface area contributed by atoms with Gasteiger partial charge in [0.2, 0.25) is 6.79 Å². The molecule has 11 heteroatoms. The van der Waals surface area contributed by atoms with E-state index in [1.165, 1.54) is 23.0 Å². The van der Waals surface area contributed by atoms with Crippen LogP contribution in [0.15, 0.2) is 51.4 Å². The fraction of sp³-hybridized carbons (Fsp3) is 0.300. The van der Waals surface area contributed by atoms with Gasteiger partial charge < -0.3 is 23.7 Å². The van der Waals surface area contributed by atoms with Gasteiger partial charge in [0.25, 0.3) is 5.56 Å². The van der Waals surface area contributed by atoms with Crippen LogP contribution < -0.4 is 33.8 Å². The third-order valence-corrected chi connectivity index (χ3v) is 7.72. The number of methoxy groups -OCH3 is 1. The predicted octanol–water partition coefficient (Wildman–Crippen LogP) is 3.98. The van der Waals surface area contributed by atoms with Crippen molar-refractivity contribution >= 4 is 35.0 Å². The van der Waals surface area contributed by atoms with Crippen LogP contribution in [0.4, 0.5) is 0 Å². The van der Waals surface area contributed by atoms with Gasteiger partial charge in [-0.05, 0) is 54.8 Å². The molecule has 0 aliphatic carbocycles. The predicted molar refractivity (Wildman–Crippen MR) is 155 cm³/mol. The SMILES string of the molecule is C#CCOc1c(Cl)cc(/C=c2\sc3n(c2=O)[C@H](c2ccc4c(c2)OCO4)C(C(=O)OCC)=C(CCC)N=3)cc1OC. The molecule has 0 fully saturated rings. The Morgan fingerprint density at radius 3 is 2.80 bits per heavy atom. The largest absolute Gasteiger partial charge is 0.493 e. The van der Waals surface area contributed by atoms with Gasteiger partial charge in [-0.2, -0.15) is 0 Å². The van der Waals surface area contributed by atoms with Crippen molar-refractivity contribution < 1.29 is 28.5 Å². The standard InChI is InChI=1S/C30H27ClN2O7S/c1-5-8-20-25(29(35)37-7-3)26(18-9-10-21-22(15-18)40-16-39-21)33-28(34)24(41-30(33)32-20)14-17-12-19(31)27(38-11-6-2)23(13-17)36-4/h2,9-10,12-15,26H,5,7-8,11,16H2,1,3-4H3/b24-14-/t26-/m1/s1. The van der Waals surface area contributed by atoms with Crippen molar-refractivity contribution in [3.63, 3.8) is 0 Å². The first kappa shape index (κ1) is 28.3. The highest BCUT2D eigenvalue weighted by Gasteiger charge is 2.35. The lowest BCUT2D eigenvalue weighted by Gasteiger charge is -2.25. The van der Waals surface area contributed by atoms with Crippen LogP contribution in [0.2, 0.25) is 5.02 Å². The van der Waals surface area contributed by atoms with Gasteiger partial charge in [-0.3, -0.25) is 9.36 Å². The zero-order valence-electron chi connectivity index (χ0n) is 22.7. The smallest absolute Gasteiger partial charge is 0.338 e. The molecule has 2 aliphatic heterocycles. The topological polar surface area (TPSA) is 97.6 Å². The second-order valence-corrected chi connectivity index (χ2v) is 10.5. The van der Waals surface area contributed by atoms with E-state index in [0.717, 1.165) is 6.42 Å². The number of fused-ring (bicyclic) bond motifs is 2. The maximum atomic E-state index is 14.0. The molecule has 3 heterocycles. The highest BCUT2D eigenvalue weighted by Crippen LogP contribution is 2.39. The lowest BCUT2D eigenvalue weighted by atomic mass is 9.94. The molecular formula is C30H27ClN2O7S. The summed E-state index contributed by atoms with van der Waals surface area (Å²) >= 11 is 7.69. The molecular weight excluding hydrogens is 568 g/mol. The van der Waals surface area contributed by atoms with Gasteiger partial charge in [0.15, 0.2) is 27.8 Å². The number of hydrogen-bond donors (Lipinski definition) is 0. The molecule has 0 saturated carbocycles. The lowest BCUT2D eigenvalue weighted by molar-refractivity contribution is -0.139. The quantitative estimate of drug-likeness (QED) is 0.273. The van der Waals surface area contributed by atoms with Crippen LogP contribution in [0.5, 0.6) is 23.0 Å². The summed E-state index contributed by atoms with van der Waals surface area (Å²) in [4.78, 5) is 32.6. The minimum Gasteiger partial charge on any atom is -0.493 e. The van der Waals surface area contributed by atoms with Crippen LogP contribution in [-0.4, -0.2) is 37.7 Å². The number of terminal acetylenes is 1. The van der Waals surface area contributed by atoms with E-state index in [4.69, 9.17) is 46.7 Å². The molecule has 0 unspecified atom stereocenters. The second kappa shape index (κ2) is 12.1. The summed E-state index contributed by atoms with van der Waals surface area (Å²) in [6.45, 7) is 4.05. The van der Waals surface area contributed by atoms with Crippen LogP contribution in [0.25, 0.3) is 6.08 Å². The van der Waals surface area contributed by atoms with Crippen molar-refractivity contribution in [1.29, 1.82) is 0 Å². The Morgan fingerprint density at radius 1 is 1.27 bits per heavy atom. The highest BCUT2D eigenvalue weighted by molar-refractivity contribution is 7.07. The average Bonchev–Trinajstić information content (AvgIpc) is 3.55. The van der Waals surface area contributed by atoms with E-state index in [2.05, 4.69) is 5.92 Å². The van der Waals surface area contributed by atoms with Gasteiger partial charge >= 0.3 is 5.97 Å². The van der Waals surface area contributed by atoms with Gasteiger partial charge in [0, 0.05) is 0 Å². The van der Waals surface area contributed by atoms with Crippen molar-refractivity contribution in [1.82, 2.24) is 4.57 Å². The second-order valence-electron chi connectivity index (χ2n) is 9.05. The summed E-state index contributed by atoms with van der Waals surface area (Å²) in [7, 11) is 1.49. The van der Waals surface area contributed by atoms with Crippen LogP contribution in [0.3, 0.4) is 0 Å². The molecule has 3 aromatic rings. The molecule has 0 radical (unpaired) electrons. The molecule has 0 N–H and O–H groups in total. The third-order valence-electron chi connectivity index (χ3n) is 6.45. The normalized spacial score (nSPS) is 15.7. The number of hydrogen-bond acceptors (Lipinski definition) is 9. The first-order valence-electron chi connectivity index (χ1n) is 12.9. The van der Waals surface area contributed by atoms with Gasteiger partial charge in [0.1, 0.15) is 6.61 Å². The molecule has 212 valence electrons. The Bertz CT molecular complexity index is 1770. The zero-order chi connectivity index (χ0) is 29.1. The van der Waals surface area contributed by atoms with Crippen LogP contribution >= 0.6 is 22.9 Å². The van der Waals surface area contributed by atoms with E-state index in [1.807, 2.05) is 13.0 Å². The Morgan fingerprint density at radius 2 is 2.07 bits per heavy atom. The molecule has 2 aliphatic rings. The van der Waals surface area contributed by atoms with E-state index in [-0.39, 0.29) is 30.6 Å². The Balaban J connectivity index is 1.71. The minimum atomic E-state index is -0.777. The molecule has 0 spiro atoms. The number of rotatable bonds is 9. The fourth-order valence-corrected chi connectivity index (χ4v) is 6.04. The molecule has 0 amide bonds. The van der Waals surface area contributed by atoms with E-state index in [9.17, 15) is 9.59 Å². The molecule has 2 aromatic carbocycles. The average molecular weight is 595 g/mol. The monoisotopic (exact) mass is 594 g/mol. The highest BCUT2D eigenvalue weighted by atomic mass is 35.5. The maximum absolute atomic E-state index is 14.0. The summed E-state index contributed by atoms with van der Waals surface area (Å²) in [5, 5.41) is 0.284. The number of ether oxygens (including phenoxy) is 5. The van der Waals surface area contributed by atoms with Crippen molar-refractivity contribution in [3.05, 3.63) is 77.4 Å². The van der Waals surface area contributed by atoms with Gasteiger partial charge in [-0.25, -0.2) is 9.79 Å². The number of halogens is 1. The van der Waals surface area contributed by atoms with Gasteiger partial charge in [-0.1, -0.05) is 48.3 Å². The van der Waals surface area contributed by atoms with Crippen molar-refractivity contribution in [2.75, 3.05) is 27.1 Å². The van der Waals surface area contributed by atoms with Crippen LogP contribution in [-0.2, 0) is 9.53 Å². The Labute approximate surface area is 245 Å².